The van der Waals surface area contributed by atoms with Crippen LogP contribution in [0, 0.1) is 0 Å². The second kappa shape index (κ2) is 14.0. The van der Waals surface area contributed by atoms with Gasteiger partial charge in [0.05, 0.1) is 22.0 Å². The number of fused-ring (bicyclic) bond motifs is 3. The van der Waals surface area contributed by atoms with E-state index in [0.717, 1.165) is 16.5 Å². The highest BCUT2D eigenvalue weighted by atomic mass is 35.5. The molecule has 12 nitrogen and oxygen atoms in total. The normalized spacial score (nSPS) is 13.6. The van der Waals surface area contributed by atoms with E-state index in [0.29, 0.717) is 58.1 Å². The fraction of sp³-hybridized carbons (Fsp3) is 0.189. The molecule has 4 aromatic carbocycles. The van der Waals surface area contributed by atoms with E-state index < -0.39 is 23.7 Å². The summed E-state index contributed by atoms with van der Waals surface area (Å²) < 4.78 is 29.3. The first-order valence-corrected chi connectivity index (χ1v) is 16.0. The third kappa shape index (κ3) is 6.90. The van der Waals surface area contributed by atoms with E-state index >= 15 is 0 Å². The Morgan fingerprint density at radius 1 is 0.980 bits per heavy atom. The summed E-state index contributed by atoms with van der Waals surface area (Å²) in [4.78, 5) is 32.5. The van der Waals surface area contributed by atoms with Crippen LogP contribution in [0.25, 0.3) is 33.0 Å². The Kier molecular flexibility index (Phi) is 9.22. The number of aliphatic carboxylic acids is 1. The van der Waals surface area contributed by atoms with Crippen molar-refractivity contribution in [2.24, 2.45) is 0 Å². The van der Waals surface area contributed by atoms with E-state index in [2.05, 4.69) is 15.3 Å². The Morgan fingerprint density at radius 3 is 2.62 bits per heavy atom. The zero-order valence-electron chi connectivity index (χ0n) is 26.6. The quantitative estimate of drug-likeness (QED) is 0.133. The molecule has 3 heterocycles. The Hall–Kier alpha value is -5.69. The molecule has 0 saturated carbocycles. The number of nitrogens with zero attached hydrogens (tertiary/aromatic N) is 2. The number of hydrogen-bond donors (Lipinski definition) is 3. The molecule has 1 unspecified atom stereocenters. The van der Waals surface area contributed by atoms with E-state index in [9.17, 15) is 19.8 Å². The number of aromatic nitrogens is 2. The fourth-order valence-electron chi connectivity index (χ4n) is 5.66. The smallest absolute Gasteiger partial charge is 0.336 e. The SMILES string of the molecule is CC(O)[C@@H](NCc1cc(Cl)c(Oc2ncnc3c(-c4ccc5c(c4)OCCO5)cccc23)cc1OCc1ccc2ccc(=O)oc2c1)C(=O)O. The van der Waals surface area contributed by atoms with Crippen molar-refractivity contribution in [1.82, 2.24) is 15.3 Å². The predicted molar refractivity (Wildman–Crippen MR) is 184 cm³/mol. The van der Waals surface area contributed by atoms with Crippen molar-refractivity contribution >= 4 is 39.4 Å². The molecular formula is C37H30ClN3O9. The van der Waals surface area contributed by atoms with Crippen LogP contribution >= 0.6 is 11.6 Å². The van der Waals surface area contributed by atoms with Gasteiger partial charge in [0.2, 0.25) is 5.88 Å². The van der Waals surface area contributed by atoms with Gasteiger partial charge in [-0.3, -0.25) is 10.1 Å². The monoisotopic (exact) mass is 695 g/mol. The largest absolute Gasteiger partial charge is 0.488 e. The maximum atomic E-state index is 11.8. The lowest BCUT2D eigenvalue weighted by molar-refractivity contribution is -0.142. The summed E-state index contributed by atoms with van der Waals surface area (Å²) in [6.07, 6.45) is 0.239. The lowest BCUT2D eigenvalue weighted by Crippen LogP contribution is -2.44. The standard InChI is InChI=1S/C37H30ClN3O9/c1-20(42)34(37(44)45)39-17-24-14-27(38)31(16-29(24)48-18-21-5-6-22-8-10-33(43)49-30(22)13-21)50-36-26-4-2-3-25(35(26)40-19-41-36)23-7-9-28-32(15-23)47-12-11-46-28/h2-10,13-16,19-20,34,39,42H,11-12,17-18H2,1H3,(H,44,45)/t20?,34-/m1/s1. The third-order valence-electron chi connectivity index (χ3n) is 8.15. The summed E-state index contributed by atoms with van der Waals surface area (Å²) in [6.45, 7) is 2.41. The van der Waals surface area contributed by atoms with Gasteiger partial charge in [0.15, 0.2) is 17.2 Å². The molecule has 13 heteroatoms. The molecule has 2 atom stereocenters. The number of nitrogens with one attached hydrogen (secondary N) is 1. The van der Waals surface area contributed by atoms with E-state index in [4.69, 9.17) is 35.0 Å². The first kappa shape index (κ1) is 32.8. The summed E-state index contributed by atoms with van der Waals surface area (Å²) in [6, 6.07) is 21.7. The summed E-state index contributed by atoms with van der Waals surface area (Å²) in [5.74, 6) is 0.931. The number of ether oxygens (including phenoxy) is 4. The van der Waals surface area contributed by atoms with E-state index in [-0.39, 0.29) is 29.8 Å². The number of carbonyl (C=O) groups is 1. The Balaban J connectivity index is 1.22. The highest BCUT2D eigenvalue weighted by molar-refractivity contribution is 6.32. The van der Waals surface area contributed by atoms with Gasteiger partial charge in [-0.15, -0.1) is 0 Å². The number of carboxylic acid groups (broad SMARTS) is 1. The average Bonchev–Trinajstić information content (AvgIpc) is 3.11. The lowest BCUT2D eigenvalue weighted by atomic mass is 10.0. The zero-order valence-corrected chi connectivity index (χ0v) is 27.3. The van der Waals surface area contributed by atoms with Crippen molar-refractivity contribution in [3.8, 4) is 40.0 Å². The molecule has 0 saturated heterocycles. The molecule has 0 aliphatic carbocycles. The van der Waals surface area contributed by atoms with Crippen LogP contribution in [0.5, 0.6) is 28.9 Å². The molecule has 1 aliphatic rings. The molecule has 1 aliphatic heterocycles. The van der Waals surface area contributed by atoms with Crippen LogP contribution < -0.4 is 29.9 Å². The number of hydrogen-bond acceptors (Lipinski definition) is 11. The maximum absolute atomic E-state index is 11.8. The minimum Gasteiger partial charge on any atom is -0.488 e. The van der Waals surface area contributed by atoms with Crippen molar-refractivity contribution in [1.29, 1.82) is 0 Å². The minimum atomic E-state index is -1.24. The van der Waals surface area contributed by atoms with Crippen LogP contribution in [0.4, 0.5) is 0 Å². The fourth-order valence-corrected chi connectivity index (χ4v) is 5.88. The molecular weight excluding hydrogens is 666 g/mol. The topological polar surface area (TPSA) is 162 Å². The van der Waals surface area contributed by atoms with Crippen LogP contribution in [0.1, 0.15) is 18.1 Å². The van der Waals surface area contributed by atoms with Crippen LogP contribution in [-0.4, -0.2) is 51.5 Å². The van der Waals surface area contributed by atoms with Gasteiger partial charge in [0.25, 0.3) is 0 Å². The van der Waals surface area contributed by atoms with Gasteiger partial charge in [-0.25, -0.2) is 14.8 Å². The molecule has 0 spiro atoms. The molecule has 6 aromatic rings. The first-order valence-electron chi connectivity index (χ1n) is 15.7. The van der Waals surface area contributed by atoms with Crippen LogP contribution in [0.2, 0.25) is 5.02 Å². The Labute approximate surface area is 289 Å². The third-order valence-corrected chi connectivity index (χ3v) is 8.44. The molecule has 50 heavy (non-hydrogen) atoms. The molecule has 2 aromatic heterocycles. The number of para-hydroxylation sites is 1. The van der Waals surface area contributed by atoms with E-state index in [1.165, 1.54) is 19.3 Å². The van der Waals surface area contributed by atoms with Crippen molar-refractivity contribution in [2.75, 3.05) is 13.2 Å². The summed E-state index contributed by atoms with van der Waals surface area (Å²) in [7, 11) is 0. The second-order valence-corrected chi connectivity index (χ2v) is 12.0. The van der Waals surface area contributed by atoms with Crippen LogP contribution in [0.15, 0.2) is 94.4 Å². The first-order chi connectivity index (χ1) is 24.2. The number of aliphatic hydroxyl groups excluding tert-OH is 1. The van der Waals surface area contributed by atoms with Crippen molar-refractivity contribution in [2.45, 2.75) is 32.2 Å². The number of halogens is 1. The summed E-state index contributed by atoms with van der Waals surface area (Å²) in [5.41, 5.74) is 3.52. The number of benzene rings is 4. The molecule has 7 rings (SSSR count). The lowest BCUT2D eigenvalue weighted by Gasteiger charge is -2.20. The number of aliphatic hydroxyl groups is 1. The van der Waals surface area contributed by atoms with Crippen molar-refractivity contribution < 1.29 is 38.4 Å². The van der Waals surface area contributed by atoms with Gasteiger partial charge in [-0.05, 0) is 54.4 Å². The van der Waals surface area contributed by atoms with Gasteiger partial charge in [0.1, 0.15) is 43.5 Å². The van der Waals surface area contributed by atoms with Gasteiger partial charge in [0, 0.05) is 35.2 Å². The highest BCUT2D eigenvalue weighted by Gasteiger charge is 2.24. The molecule has 0 amide bonds. The number of rotatable bonds is 11. The Morgan fingerprint density at radius 2 is 1.80 bits per heavy atom. The zero-order chi connectivity index (χ0) is 34.8. The molecule has 3 N–H and O–H groups in total. The van der Waals surface area contributed by atoms with Crippen molar-refractivity contribution in [3.05, 3.63) is 112 Å². The van der Waals surface area contributed by atoms with Crippen molar-refractivity contribution in [3.63, 3.8) is 0 Å². The summed E-state index contributed by atoms with van der Waals surface area (Å²) in [5, 5.41) is 24.0. The van der Waals surface area contributed by atoms with E-state index in [1.807, 2.05) is 48.5 Å². The van der Waals surface area contributed by atoms with Gasteiger partial charge in [-0.1, -0.05) is 41.9 Å². The van der Waals surface area contributed by atoms with Crippen LogP contribution in [0.3, 0.4) is 0 Å². The summed E-state index contributed by atoms with van der Waals surface area (Å²) >= 11 is 6.75. The Bertz CT molecular complexity index is 2290. The minimum absolute atomic E-state index is 0.000868. The van der Waals surface area contributed by atoms with Gasteiger partial charge in [-0.2, -0.15) is 0 Å². The average molecular weight is 696 g/mol. The van der Waals surface area contributed by atoms with Gasteiger partial charge < -0.3 is 33.6 Å². The predicted octanol–water partition coefficient (Wildman–Crippen LogP) is 6.12. The molecule has 0 radical (unpaired) electrons. The maximum Gasteiger partial charge on any atom is 0.336 e. The molecule has 0 fully saturated rings. The van der Waals surface area contributed by atoms with E-state index in [1.54, 1.807) is 24.3 Å². The van der Waals surface area contributed by atoms with Crippen LogP contribution in [-0.2, 0) is 17.9 Å². The van der Waals surface area contributed by atoms with Gasteiger partial charge >= 0.3 is 11.6 Å². The number of carboxylic acids is 1. The molecule has 254 valence electrons. The second-order valence-electron chi connectivity index (χ2n) is 11.6. The molecule has 0 bridgehead atoms. The highest BCUT2D eigenvalue weighted by Crippen LogP contribution is 2.40.